The average molecular weight is 457 g/mol. The van der Waals surface area contributed by atoms with Crippen molar-refractivity contribution in [2.24, 2.45) is 0 Å². The van der Waals surface area contributed by atoms with E-state index in [4.69, 9.17) is 16.3 Å². The number of ether oxygens (including phenoxy) is 1. The molecule has 3 rings (SSSR count). The summed E-state index contributed by atoms with van der Waals surface area (Å²) in [6.45, 7) is 5.44. The molecule has 0 aliphatic carbocycles. The van der Waals surface area contributed by atoms with Crippen molar-refractivity contribution in [1.29, 1.82) is 0 Å². The third-order valence-corrected chi connectivity index (χ3v) is 5.68. The minimum atomic E-state index is -0.691. The molecule has 1 unspecified atom stereocenters. The second-order valence-electron chi connectivity index (χ2n) is 8.18. The number of benzene rings is 2. The fourth-order valence-corrected chi connectivity index (χ4v) is 3.86. The van der Waals surface area contributed by atoms with E-state index in [2.05, 4.69) is 0 Å². The number of Topliss-reactive ketones (excluding diaryl/α,β-unsaturated/α-hetero) is 1. The average Bonchev–Trinajstić information content (AvgIpc) is 3.01. The van der Waals surface area contributed by atoms with Crippen molar-refractivity contribution in [2.45, 2.75) is 26.3 Å². The summed E-state index contributed by atoms with van der Waals surface area (Å²) in [5, 5.41) is 11.7. The molecule has 0 radical (unpaired) electrons. The van der Waals surface area contributed by atoms with E-state index in [0.29, 0.717) is 35.8 Å². The van der Waals surface area contributed by atoms with Gasteiger partial charge in [0.25, 0.3) is 11.7 Å². The monoisotopic (exact) mass is 456 g/mol. The number of aliphatic hydroxyl groups excluding tert-OH is 1. The molecule has 0 spiro atoms. The lowest BCUT2D eigenvalue weighted by molar-refractivity contribution is -0.140. The van der Waals surface area contributed by atoms with Gasteiger partial charge in [-0.15, -0.1) is 0 Å². The molecule has 2 aromatic carbocycles. The number of hydrogen-bond donors (Lipinski definition) is 1. The number of halogens is 1. The molecule has 1 atom stereocenters. The molecule has 0 bridgehead atoms. The molecule has 1 saturated heterocycles. The zero-order valence-electron chi connectivity index (χ0n) is 18.9. The molecule has 1 aliphatic rings. The van der Waals surface area contributed by atoms with Crippen LogP contribution >= 0.6 is 11.6 Å². The summed E-state index contributed by atoms with van der Waals surface area (Å²) in [6.07, 6.45) is 0.888. The first-order valence-electron chi connectivity index (χ1n) is 10.7. The van der Waals surface area contributed by atoms with Crippen LogP contribution in [0.4, 0.5) is 0 Å². The molecule has 1 amide bonds. The summed E-state index contributed by atoms with van der Waals surface area (Å²) in [5.41, 5.74) is 2.11. The van der Waals surface area contributed by atoms with Crippen LogP contribution in [0.5, 0.6) is 5.75 Å². The minimum Gasteiger partial charge on any atom is -0.507 e. The summed E-state index contributed by atoms with van der Waals surface area (Å²) in [7, 11) is 3.80. The molecule has 1 N–H and O–H groups in total. The Morgan fingerprint density at radius 2 is 1.84 bits per heavy atom. The van der Waals surface area contributed by atoms with E-state index in [0.717, 1.165) is 17.7 Å². The Balaban J connectivity index is 2.09. The highest BCUT2D eigenvalue weighted by Gasteiger charge is 2.45. The highest BCUT2D eigenvalue weighted by molar-refractivity contribution is 6.46. The Labute approximate surface area is 194 Å². The van der Waals surface area contributed by atoms with Gasteiger partial charge in [0.15, 0.2) is 0 Å². The molecule has 1 heterocycles. The molecule has 0 aromatic heterocycles. The van der Waals surface area contributed by atoms with E-state index in [9.17, 15) is 14.7 Å². The standard InChI is InChI=1S/C25H29ClN2O4/c1-5-14-32-20-11-8-18(15-16(20)2)23(29)21-22(17-6-9-19(26)10-7-17)28(13-12-27(3)4)25(31)24(21)30/h6-11,15,22,29H,5,12-14H2,1-4H3. The first-order valence-corrected chi connectivity index (χ1v) is 11.0. The molecule has 2 aromatic rings. The maximum atomic E-state index is 13.0. The first-order chi connectivity index (χ1) is 15.2. The summed E-state index contributed by atoms with van der Waals surface area (Å²) in [5.74, 6) is -0.775. The van der Waals surface area contributed by atoms with Crippen molar-refractivity contribution < 1.29 is 19.4 Å². The van der Waals surface area contributed by atoms with E-state index in [1.54, 1.807) is 42.5 Å². The summed E-state index contributed by atoms with van der Waals surface area (Å²) < 4.78 is 5.71. The Kier molecular flexibility index (Phi) is 7.59. The Morgan fingerprint density at radius 3 is 2.44 bits per heavy atom. The zero-order valence-corrected chi connectivity index (χ0v) is 19.6. The highest BCUT2D eigenvalue weighted by atomic mass is 35.5. The third-order valence-electron chi connectivity index (χ3n) is 5.42. The van der Waals surface area contributed by atoms with Gasteiger partial charge in [0.2, 0.25) is 0 Å². The van der Waals surface area contributed by atoms with Crippen LogP contribution in [-0.4, -0.2) is 60.4 Å². The van der Waals surface area contributed by atoms with Crippen molar-refractivity contribution in [3.8, 4) is 5.75 Å². The van der Waals surface area contributed by atoms with Gasteiger partial charge in [0.05, 0.1) is 18.2 Å². The van der Waals surface area contributed by atoms with Crippen LogP contribution in [0.1, 0.15) is 36.1 Å². The van der Waals surface area contributed by atoms with Crippen molar-refractivity contribution >= 4 is 29.1 Å². The number of hydrogen-bond acceptors (Lipinski definition) is 5. The predicted octanol–water partition coefficient (Wildman–Crippen LogP) is 4.42. The van der Waals surface area contributed by atoms with E-state index in [-0.39, 0.29) is 11.3 Å². The molecule has 32 heavy (non-hydrogen) atoms. The molecule has 6 nitrogen and oxygen atoms in total. The van der Waals surface area contributed by atoms with Gasteiger partial charge in [-0.05, 0) is 68.9 Å². The lowest BCUT2D eigenvalue weighted by atomic mass is 9.95. The first kappa shape index (κ1) is 23.8. The van der Waals surface area contributed by atoms with E-state index >= 15 is 0 Å². The van der Waals surface area contributed by atoms with Crippen LogP contribution in [0.3, 0.4) is 0 Å². The van der Waals surface area contributed by atoms with Crippen LogP contribution in [0.15, 0.2) is 48.0 Å². The number of amides is 1. The normalized spacial score (nSPS) is 17.9. The van der Waals surface area contributed by atoms with Gasteiger partial charge in [-0.1, -0.05) is 30.7 Å². The molecular formula is C25H29ClN2O4. The van der Waals surface area contributed by atoms with Crippen molar-refractivity contribution in [3.05, 3.63) is 69.8 Å². The van der Waals surface area contributed by atoms with Crippen LogP contribution in [0.2, 0.25) is 5.02 Å². The molecule has 1 aliphatic heterocycles. The largest absolute Gasteiger partial charge is 0.507 e. The van der Waals surface area contributed by atoms with Gasteiger partial charge in [-0.25, -0.2) is 0 Å². The number of carbonyl (C=O) groups excluding carboxylic acids is 2. The fourth-order valence-electron chi connectivity index (χ4n) is 3.74. The number of aryl methyl sites for hydroxylation is 1. The lowest BCUT2D eigenvalue weighted by Gasteiger charge is -2.26. The number of carbonyl (C=O) groups is 2. The number of rotatable bonds is 8. The fraction of sp³-hybridized carbons (Fsp3) is 0.360. The Bertz CT molecular complexity index is 1030. The Morgan fingerprint density at radius 1 is 1.16 bits per heavy atom. The molecular weight excluding hydrogens is 428 g/mol. The summed E-state index contributed by atoms with van der Waals surface area (Å²) in [4.78, 5) is 29.4. The number of nitrogens with zero attached hydrogens (tertiary/aromatic N) is 2. The van der Waals surface area contributed by atoms with E-state index in [1.165, 1.54) is 4.90 Å². The van der Waals surface area contributed by atoms with Crippen LogP contribution in [-0.2, 0) is 9.59 Å². The van der Waals surface area contributed by atoms with Gasteiger partial charge in [-0.2, -0.15) is 0 Å². The molecule has 1 fully saturated rings. The molecule has 170 valence electrons. The smallest absolute Gasteiger partial charge is 0.295 e. The summed E-state index contributed by atoms with van der Waals surface area (Å²) in [6, 6.07) is 11.6. The van der Waals surface area contributed by atoms with Crippen molar-refractivity contribution in [3.63, 3.8) is 0 Å². The van der Waals surface area contributed by atoms with Crippen molar-refractivity contribution in [2.75, 3.05) is 33.8 Å². The topological polar surface area (TPSA) is 70.1 Å². The number of likely N-dealkylation sites (tertiary alicyclic amines) is 1. The lowest BCUT2D eigenvalue weighted by Crippen LogP contribution is -2.35. The van der Waals surface area contributed by atoms with Gasteiger partial charge >= 0.3 is 0 Å². The van der Waals surface area contributed by atoms with E-state index < -0.39 is 17.7 Å². The van der Waals surface area contributed by atoms with Crippen LogP contribution in [0, 0.1) is 6.92 Å². The van der Waals surface area contributed by atoms with Crippen molar-refractivity contribution in [1.82, 2.24) is 9.80 Å². The maximum Gasteiger partial charge on any atom is 0.295 e. The van der Waals surface area contributed by atoms with Gasteiger partial charge in [0.1, 0.15) is 11.5 Å². The SMILES string of the molecule is CCCOc1ccc(C(O)=C2C(=O)C(=O)N(CCN(C)C)C2c2ccc(Cl)cc2)cc1C. The molecule has 0 saturated carbocycles. The third kappa shape index (κ3) is 4.97. The number of likely N-dealkylation sites (N-methyl/N-ethyl adjacent to an activating group) is 1. The second kappa shape index (κ2) is 10.2. The van der Waals surface area contributed by atoms with Gasteiger partial charge in [-0.3, -0.25) is 9.59 Å². The zero-order chi connectivity index (χ0) is 23.4. The quantitative estimate of drug-likeness (QED) is 0.361. The Hall–Kier alpha value is -2.83. The van der Waals surface area contributed by atoms with E-state index in [1.807, 2.05) is 32.8 Å². The maximum absolute atomic E-state index is 13.0. The highest BCUT2D eigenvalue weighted by Crippen LogP contribution is 2.40. The minimum absolute atomic E-state index is 0.0812. The summed E-state index contributed by atoms with van der Waals surface area (Å²) >= 11 is 6.05. The molecule has 7 heteroatoms. The second-order valence-corrected chi connectivity index (χ2v) is 8.61. The predicted molar refractivity (Wildman–Crippen MR) is 126 cm³/mol. The number of ketones is 1. The van der Waals surface area contributed by atoms with Crippen LogP contribution < -0.4 is 4.74 Å². The van der Waals surface area contributed by atoms with Crippen LogP contribution in [0.25, 0.3) is 5.76 Å². The number of aliphatic hydroxyl groups is 1. The van der Waals surface area contributed by atoms with Gasteiger partial charge in [0, 0.05) is 23.7 Å². The van der Waals surface area contributed by atoms with Gasteiger partial charge < -0.3 is 19.6 Å².